The summed E-state index contributed by atoms with van der Waals surface area (Å²) in [6, 6.07) is 7.30. The van der Waals surface area contributed by atoms with E-state index in [1.807, 2.05) is 30.5 Å². The molecule has 1 aromatic carbocycles. The molecular weight excluding hydrogens is 412 g/mol. The molecule has 2 N–H and O–H groups in total. The molecule has 0 aliphatic rings. The van der Waals surface area contributed by atoms with Crippen LogP contribution in [0.15, 0.2) is 30.5 Å². The molecule has 0 bridgehead atoms. The average molecular weight is 457 g/mol. The topological polar surface area (TPSA) is 71.2 Å². The number of amides is 1. The molecule has 2 aromatic rings. The Hall–Kier alpha value is -2.30. The molecule has 1 heterocycles. The fraction of sp³-hybridized carbons (Fsp3) is 0.643. The Balaban J connectivity index is 1.58. The van der Waals surface area contributed by atoms with Gasteiger partial charge in [0, 0.05) is 29.9 Å². The first kappa shape index (κ1) is 26.9. The fourth-order valence-electron chi connectivity index (χ4n) is 4.43. The smallest absolute Gasteiger partial charge is 0.328 e. The van der Waals surface area contributed by atoms with Gasteiger partial charge in [-0.05, 0) is 18.1 Å². The van der Waals surface area contributed by atoms with Crippen molar-refractivity contribution in [3.05, 3.63) is 36.0 Å². The zero-order chi connectivity index (χ0) is 23.7. The molecule has 0 saturated heterocycles. The average Bonchev–Trinajstić information content (AvgIpc) is 3.24. The predicted octanol–water partition coefficient (Wildman–Crippen LogP) is 6.85. The third-order valence-corrected chi connectivity index (χ3v) is 6.43. The number of carbonyl (C=O) groups is 2. The first-order chi connectivity index (χ1) is 16.2. The molecule has 0 aliphatic heterocycles. The van der Waals surface area contributed by atoms with E-state index in [0.29, 0.717) is 12.8 Å². The lowest BCUT2D eigenvalue weighted by Gasteiger charge is -2.16. The van der Waals surface area contributed by atoms with Crippen molar-refractivity contribution in [3.63, 3.8) is 0 Å². The Kier molecular flexibility index (Phi) is 13.3. The second-order valence-electron chi connectivity index (χ2n) is 9.20. The zero-order valence-corrected chi connectivity index (χ0v) is 20.8. The van der Waals surface area contributed by atoms with Crippen LogP contribution in [0.1, 0.15) is 102 Å². The highest BCUT2D eigenvalue weighted by molar-refractivity contribution is 5.87. The predicted molar refractivity (Wildman–Crippen MR) is 136 cm³/mol. The van der Waals surface area contributed by atoms with Gasteiger partial charge in [0.05, 0.1) is 7.11 Å². The van der Waals surface area contributed by atoms with E-state index in [1.54, 1.807) is 0 Å². The summed E-state index contributed by atoms with van der Waals surface area (Å²) in [5.74, 6) is -0.479. The minimum Gasteiger partial charge on any atom is -0.467 e. The summed E-state index contributed by atoms with van der Waals surface area (Å²) in [5.41, 5.74) is 2.02. The van der Waals surface area contributed by atoms with Gasteiger partial charge < -0.3 is 15.0 Å². The summed E-state index contributed by atoms with van der Waals surface area (Å²) < 4.78 is 4.93. The molecular formula is C28H44N2O3. The summed E-state index contributed by atoms with van der Waals surface area (Å²) in [6.07, 6.45) is 19.4. The number of hydrogen-bond donors (Lipinski definition) is 2. The van der Waals surface area contributed by atoms with Crippen LogP contribution in [0.5, 0.6) is 0 Å². The summed E-state index contributed by atoms with van der Waals surface area (Å²) in [7, 11) is 1.36. The van der Waals surface area contributed by atoms with Gasteiger partial charge in [-0.25, -0.2) is 4.79 Å². The summed E-state index contributed by atoms with van der Waals surface area (Å²) >= 11 is 0. The van der Waals surface area contributed by atoms with E-state index in [0.717, 1.165) is 29.3 Å². The number of esters is 1. The molecule has 5 heteroatoms. The third kappa shape index (κ3) is 10.4. The maximum absolute atomic E-state index is 12.4. The van der Waals surface area contributed by atoms with Gasteiger partial charge in [-0.1, -0.05) is 102 Å². The van der Waals surface area contributed by atoms with Crippen molar-refractivity contribution < 1.29 is 14.3 Å². The SMILES string of the molecule is CCCCCCCCCCCCCCCC(=O)NC(Cc1c[nH]c2ccccc12)C(=O)OC. The number of H-pyrrole nitrogens is 1. The second-order valence-corrected chi connectivity index (χ2v) is 9.20. The van der Waals surface area contributed by atoms with Crippen LogP contribution in [-0.4, -0.2) is 30.0 Å². The lowest BCUT2D eigenvalue weighted by molar-refractivity contribution is -0.145. The maximum atomic E-state index is 12.4. The number of benzene rings is 1. The van der Waals surface area contributed by atoms with Crippen LogP contribution in [0.2, 0.25) is 0 Å². The van der Waals surface area contributed by atoms with Crippen LogP contribution < -0.4 is 5.32 Å². The van der Waals surface area contributed by atoms with E-state index in [1.165, 1.54) is 77.7 Å². The van der Waals surface area contributed by atoms with Crippen LogP contribution in [0, 0.1) is 0 Å². The molecule has 1 amide bonds. The van der Waals surface area contributed by atoms with Crippen molar-refractivity contribution in [3.8, 4) is 0 Å². The van der Waals surface area contributed by atoms with Gasteiger partial charge in [0.1, 0.15) is 6.04 Å². The molecule has 0 spiro atoms. The Morgan fingerprint density at radius 2 is 1.45 bits per heavy atom. The highest BCUT2D eigenvalue weighted by Gasteiger charge is 2.23. The maximum Gasteiger partial charge on any atom is 0.328 e. The highest BCUT2D eigenvalue weighted by atomic mass is 16.5. The standard InChI is InChI=1S/C28H44N2O3/c1-3-4-5-6-7-8-9-10-11-12-13-14-15-20-27(31)30-26(28(32)33-2)21-23-22-29-25-19-17-16-18-24(23)25/h16-19,22,26,29H,3-15,20-21H2,1-2H3,(H,30,31). The van der Waals surface area contributed by atoms with Crippen molar-refractivity contribution in [1.29, 1.82) is 0 Å². The van der Waals surface area contributed by atoms with E-state index >= 15 is 0 Å². The molecule has 2 rings (SSSR count). The minimum atomic E-state index is -0.663. The number of rotatable bonds is 18. The first-order valence-electron chi connectivity index (χ1n) is 13.1. The molecule has 0 aliphatic carbocycles. The normalized spacial score (nSPS) is 12.1. The molecule has 184 valence electrons. The number of ether oxygens (including phenoxy) is 1. The Labute approximate surface area is 200 Å². The molecule has 0 fully saturated rings. The van der Waals surface area contributed by atoms with Gasteiger partial charge in [-0.15, -0.1) is 0 Å². The molecule has 1 aromatic heterocycles. The zero-order valence-electron chi connectivity index (χ0n) is 20.8. The van der Waals surface area contributed by atoms with Gasteiger partial charge in [0.15, 0.2) is 0 Å². The Morgan fingerprint density at radius 1 is 0.879 bits per heavy atom. The van der Waals surface area contributed by atoms with Gasteiger partial charge in [0.2, 0.25) is 5.91 Å². The van der Waals surface area contributed by atoms with Crippen LogP contribution in [0.25, 0.3) is 10.9 Å². The fourth-order valence-corrected chi connectivity index (χ4v) is 4.43. The number of hydrogen-bond acceptors (Lipinski definition) is 3. The summed E-state index contributed by atoms with van der Waals surface area (Å²) in [5, 5.41) is 3.95. The second kappa shape index (κ2) is 16.3. The highest BCUT2D eigenvalue weighted by Crippen LogP contribution is 2.19. The van der Waals surface area contributed by atoms with Crippen LogP contribution >= 0.6 is 0 Å². The van der Waals surface area contributed by atoms with Gasteiger partial charge in [-0.3, -0.25) is 4.79 Å². The summed E-state index contributed by atoms with van der Waals surface area (Å²) in [4.78, 5) is 27.9. The number of fused-ring (bicyclic) bond motifs is 1. The van der Waals surface area contributed by atoms with E-state index in [2.05, 4.69) is 17.2 Å². The van der Waals surface area contributed by atoms with Crippen molar-refractivity contribution >= 4 is 22.8 Å². The monoisotopic (exact) mass is 456 g/mol. The van der Waals surface area contributed by atoms with Crippen LogP contribution in [0.3, 0.4) is 0 Å². The van der Waals surface area contributed by atoms with Crippen LogP contribution in [-0.2, 0) is 20.7 Å². The Bertz CT molecular complexity index is 814. The number of aromatic amines is 1. The van der Waals surface area contributed by atoms with Gasteiger partial charge >= 0.3 is 5.97 Å². The lowest BCUT2D eigenvalue weighted by Crippen LogP contribution is -2.42. The number of para-hydroxylation sites is 1. The first-order valence-corrected chi connectivity index (χ1v) is 13.1. The molecule has 0 radical (unpaired) electrons. The quantitative estimate of drug-likeness (QED) is 0.190. The molecule has 1 atom stereocenters. The number of carbonyl (C=O) groups excluding carboxylic acids is 2. The van der Waals surface area contributed by atoms with E-state index < -0.39 is 12.0 Å². The van der Waals surface area contributed by atoms with E-state index in [9.17, 15) is 9.59 Å². The van der Waals surface area contributed by atoms with Crippen molar-refractivity contribution in [2.45, 2.75) is 109 Å². The van der Waals surface area contributed by atoms with Crippen molar-refractivity contribution in [1.82, 2.24) is 10.3 Å². The third-order valence-electron chi connectivity index (χ3n) is 6.43. The molecule has 33 heavy (non-hydrogen) atoms. The Morgan fingerprint density at radius 3 is 2.06 bits per heavy atom. The molecule has 5 nitrogen and oxygen atoms in total. The largest absolute Gasteiger partial charge is 0.467 e. The van der Waals surface area contributed by atoms with E-state index in [4.69, 9.17) is 4.74 Å². The van der Waals surface area contributed by atoms with Crippen molar-refractivity contribution in [2.75, 3.05) is 7.11 Å². The number of nitrogens with one attached hydrogen (secondary N) is 2. The van der Waals surface area contributed by atoms with Gasteiger partial charge in [-0.2, -0.15) is 0 Å². The lowest BCUT2D eigenvalue weighted by atomic mass is 10.0. The van der Waals surface area contributed by atoms with Crippen molar-refractivity contribution in [2.24, 2.45) is 0 Å². The molecule has 0 saturated carbocycles. The minimum absolute atomic E-state index is 0.0756. The summed E-state index contributed by atoms with van der Waals surface area (Å²) in [6.45, 7) is 2.26. The molecule has 1 unspecified atom stereocenters. The van der Waals surface area contributed by atoms with Crippen LogP contribution in [0.4, 0.5) is 0 Å². The number of aromatic nitrogens is 1. The number of unbranched alkanes of at least 4 members (excludes halogenated alkanes) is 12. The van der Waals surface area contributed by atoms with Gasteiger partial charge in [0.25, 0.3) is 0 Å². The van der Waals surface area contributed by atoms with E-state index in [-0.39, 0.29) is 5.91 Å². The number of methoxy groups -OCH3 is 1.